The smallest absolute Gasteiger partial charge is 0.325 e. The van der Waals surface area contributed by atoms with Crippen molar-refractivity contribution in [2.45, 2.75) is 5.92 Å². The van der Waals surface area contributed by atoms with E-state index in [0.29, 0.717) is 0 Å². The Morgan fingerprint density at radius 1 is 1.35 bits per heavy atom. The largest absolute Gasteiger partial charge is 0.468 e. The Morgan fingerprint density at radius 3 is 2.53 bits per heavy atom. The van der Waals surface area contributed by atoms with Crippen molar-refractivity contribution in [3.8, 4) is 0 Å². The fourth-order valence-electron chi connectivity index (χ4n) is 1.43. The van der Waals surface area contributed by atoms with Gasteiger partial charge in [0.15, 0.2) is 0 Å². The van der Waals surface area contributed by atoms with Crippen LogP contribution in [0.3, 0.4) is 0 Å². The zero-order valence-corrected chi connectivity index (χ0v) is 9.68. The molecule has 1 amide bonds. The maximum absolute atomic E-state index is 11.8. The SMILES string of the molecule is COC(=O)CNC(=O)C(CN)c1ccccc1. The van der Waals surface area contributed by atoms with Crippen molar-refractivity contribution in [2.75, 3.05) is 20.2 Å². The van der Waals surface area contributed by atoms with Crippen LogP contribution in [0.1, 0.15) is 11.5 Å². The number of benzene rings is 1. The number of rotatable bonds is 5. The van der Waals surface area contributed by atoms with E-state index in [4.69, 9.17) is 5.73 Å². The number of methoxy groups -OCH3 is 1. The molecule has 0 heterocycles. The third kappa shape index (κ3) is 3.88. The van der Waals surface area contributed by atoms with E-state index in [1.54, 1.807) is 0 Å². The normalized spacial score (nSPS) is 11.6. The first kappa shape index (κ1) is 13.2. The van der Waals surface area contributed by atoms with E-state index in [0.717, 1.165) is 5.56 Å². The van der Waals surface area contributed by atoms with E-state index < -0.39 is 11.9 Å². The third-order valence-corrected chi connectivity index (χ3v) is 2.39. The van der Waals surface area contributed by atoms with Crippen molar-refractivity contribution in [1.82, 2.24) is 5.32 Å². The topological polar surface area (TPSA) is 81.4 Å². The van der Waals surface area contributed by atoms with Crippen molar-refractivity contribution in [2.24, 2.45) is 5.73 Å². The lowest BCUT2D eigenvalue weighted by atomic mass is 9.98. The fraction of sp³-hybridized carbons (Fsp3) is 0.333. The highest BCUT2D eigenvalue weighted by molar-refractivity contribution is 5.87. The summed E-state index contributed by atoms with van der Waals surface area (Å²) in [4.78, 5) is 22.7. The van der Waals surface area contributed by atoms with E-state index in [1.165, 1.54) is 7.11 Å². The van der Waals surface area contributed by atoms with E-state index in [2.05, 4.69) is 10.1 Å². The number of ether oxygens (including phenoxy) is 1. The number of hydrogen-bond acceptors (Lipinski definition) is 4. The van der Waals surface area contributed by atoms with Gasteiger partial charge in [0.25, 0.3) is 0 Å². The van der Waals surface area contributed by atoms with Crippen LogP contribution < -0.4 is 11.1 Å². The molecule has 0 aromatic heterocycles. The van der Waals surface area contributed by atoms with Gasteiger partial charge in [-0.1, -0.05) is 30.3 Å². The summed E-state index contributed by atoms with van der Waals surface area (Å²) < 4.78 is 4.43. The van der Waals surface area contributed by atoms with Crippen LogP contribution >= 0.6 is 0 Å². The average Bonchev–Trinajstić information content (AvgIpc) is 2.38. The van der Waals surface area contributed by atoms with Gasteiger partial charge in [0.05, 0.1) is 13.0 Å². The van der Waals surface area contributed by atoms with E-state index in [1.807, 2.05) is 30.3 Å². The van der Waals surface area contributed by atoms with Gasteiger partial charge in [0.1, 0.15) is 6.54 Å². The second-order valence-electron chi connectivity index (χ2n) is 3.49. The monoisotopic (exact) mass is 236 g/mol. The van der Waals surface area contributed by atoms with Gasteiger partial charge in [0, 0.05) is 6.54 Å². The molecule has 0 aliphatic carbocycles. The number of nitrogens with one attached hydrogen (secondary N) is 1. The Balaban J connectivity index is 2.62. The van der Waals surface area contributed by atoms with E-state index in [-0.39, 0.29) is 19.0 Å². The van der Waals surface area contributed by atoms with Crippen molar-refractivity contribution >= 4 is 11.9 Å². The molecule has 0 saturated heterocycles. The van der Waals surface area contributed by atoms with Crippen molar-refractivity contribution in [3.05, 3.63) is 35.9 Å². The lowest BCUT2D eigenvalue weighted by Gasteiger charge is -2.14. The molecule has 0 aliphatic heterocycles. The summed E-state index contributed by atoms with van der Waals surface area (Å²) in [5.41, 5.74) is 6.40. The highest BCUT2D eigenvalue weighted by Gasteiger charge is 2.19. The quantitative estimate of drug-likeness (QED) is 0.706. The van der Waals surface area contributed by atoms with Gasteiger partial charge in [-0.05, 0) is 5.56 Å². The molecule has 0 fully saturated rings. The van der Waals surface area contributed by atoms with Crippen molar-refractivity contribution in [1.29, 1.82) is 0 Å². The van der Waals surface area contributed by atoms with Crippen LogP contribution in [0.4, 0.5) is 0 Å². The zero-order valence-electron chi connectivity index (χ0n) is 9.68. The van der Waals surface area contributed by atoms with Gasteiger partial charge in [-0.3, -0.25) is 9.59 Å². The van der Waals surface area contributed by atoms with Gasteiger partial charge < -0.3 is 15.8 Å². The van der Waals surface area contributed by atoms with Gasteiger partial charge in [-0.15, -0.1) is 0 Å². The number of amides is 1. The first-order chi connectivity index (χ1) is 8.19. The van der Waals surface area contributed by atoms with Crippen LogP contribution in [-0.4, -0.2) is 32.1 Å². The molecule has 0 spiro atoms. The highest BCUT2D eigenvalue weighted by Crippen LogP contribution is 2.13. The predicted octanol–water partition coefficient (Wildman–Crippen LogP) is 0.0181. The van der Waals surface area contributed by atoms with Gasteiger partial charge in [-0.2, -0.15) is 0 Å². The summed E-state index contributed by atoms with van der Waals surface area (Å²) >= 11 is 0. The molecule has 5 heteroatoms. The molecule has 0 saturated carbocycles. The molecule has 1 aromatic carbocycles. The fourth-order valence-corrected chi connectivity index (χ4v) is 1.43. The Labute approximate surface area is 99.9 Å². The molecular formula is C12H16N2O3. The molecule has 17 heavy (non-hydrogen) atoms. The van der Waals surface area contributed by atoms with Crippen LogP contribution in [0, 0.1) is 0 Å². The molecule has 0 aliphatic rings. The minimum atomic E-state index is -0.484. The summed E-state index contributed by atoms with van der Waals surface area (Å²) in [6.07, 6.45) is 0. The second-order valence-corrected chi connectivity index (χ2v) is 3.49. The average molecular weight is 236 g/mol. The number of carbonyl (C=O) groups excluding carboxylic acids is 2. The van der Waals surface area contributed by atoms with Crippen LogP contribution in [0.15, 0.2) is 30.3 Å². The molecule has 1 aromatic rings. The summed E-state index contributed by atoms with van der Waals surface area (Å²) in [5, 5.41) is 2.49. The summed E-state index contributed by atoms with van der Waals surface area (Å²) in [7, 11) is 1.27. The number of carbonyl (C=O) groups is 2. The van der Waals surface area contributed by atoms with Crippen molar-refractivity contribution in [3.63, 3.8) is 0 Å². The summed E-state index contributed by atoms with van der Waals surface area (Å²) in [6, 6.07) is 9.20. The van der Waals surface area contributed by atoms with Crippen LogP contribution in [0.25, 0.3) is 0 Å². The molecule has 0 bridgehead atoms. The lowest BCUT2D eigenvalue weighted by molar-refractivity contribution is -0.141. The zero-order chi connectivity index (χ0) is 12.7. The summed E-state index contributed by atoms with van der Waals surface area (Å²) in [5.74, 6) is -1.20. The number of nitrogens with two attached hydrogens (primary N) is 1. The molecule has 3 N–H and O–H groups in total. The van der Waals surface area contributed by atoms with Gasteiger partial charge >= 0.3 is 5.97 Å². The van der Waals surface area contributed by atoms with E-state index in [9.17, 15) is 9.59 Å². The minimum absolute atomic E-state index is 0.140. The Hall–Kier alpha value is -1.88. The summed E-state index contributed by atoms with van der Waals surface area (Å²) in [6.45, 7) is 0.0513. The molecule has 1 rings (SSSR count). The lowest BCUT2D eigenvalue weighted by Crippen LogP contribution is -2.36. The standard InChI is InChI=1S/C12H16N2O3/c1-17-11(15)8-14-12(16)10(7-13)9-5-3-2-4-6-9/h2-6,10H,7-8,13H2,1H3,(H,14,16). The first-order valence-electron chi connectivity index (χ1n) is 5.28. The van der Waals surface area contributed by atoms with Crippen LogP contribution in [-0.2, 0) is 14.3 Å². The maximum atomic E-state index is 11.8. The molecule has 0 radical (unpaired) electrons. The molecule has 1 atom stereocenters. The number of esters is 1. The number of hydrogen-bond donors (Lipinski definition) is 2. The Morgan fingerprint density at radius 2 is 2.00 bits per heavy atom. The van der Waals surface area contributed by atoms with Crippen LogP contribution in [0.5, 0.6) is 0 Å². The molecule has 5 nitrogen and oxygen atoms in total. The molecular weight excluding hydrogens is 220 g/mol. The van der Waals surface area contributed by atoms with Gasteiger partial charge in [-0.25, -0.2) is 0 Å². The predicted molar refractivity (Wildman–Crippen MR) is 63.3 cm³/mol. The van der Waals surface area contributed by atoms with Crippen molar-refractivity contribution < 1.29 is 14.3 Å². The molecule has 92 valence electrons. The Bertz CT molecular complexity index is 379. The van der Waals surface area contributed by atoms with Crippen LogP contribution in [0.2, 0.25) is 0 Å². The van der Waals surface area contributed by atoms with Gasteiger partial charge in [0.2, 0.25) is 5.91 Å². The highest BCUT2D eigenvalue weighted by atomic mass is 16.5. The second kappa shape index (κ2) is 6.65. The molecule has 1 unspecified atom stereocenters. The minimum Gasteiger partial charge on any atom is -0.468 e. The van der Waals surface area contributed by atoms with E-state index >= 15 is 0 Å². The Kier molecular flexibility index (Phi) is 5.16. The third-order valence-electron chi connectivity index (χ3n) is 2.39. The first-order valence-corrected chi connectivity index (χ1v) is 5.28. The maximum Gasteiger partial charge on any atom is 0.325 e.